The molecule has 2 N–H and O–H groups in total. The average Bonchev–Trinajstić information content (AvgIpc) is 3.20. The maximum Gasteiger partial charge on any atom is 0.422 e. The summed E-state index contributed by atoms with van der Waals surface area (Å²) in [6.07, 6.45) is -4.62. The molecular weight excluding hydrogens is 495 g/mol. The number of halogens is 3. The zero-order valence-electron chi connectivity index (χ0n) is 17.3. The van der Waals surface area contributed by atoms with Crippen LogP contribution in [-0.2, 0) is 4.74 Å². The molecule has 1 aromatic heterocycles. The highest BCUT2D eigenvalue weighted by Gasteiger charge is 2.29. The van der Waals surface area contributed by atoms with Crippen LogP contribution >= 0.6 is 23.6 Å². The average molecular weight is 512 g/mol. The quantitative estimate of drug-likeness (QED) is 0.176. The molecule has 0 radical (unpaired) electrons. The molecule has 0 saturated heterocycles. The zero-order valence-corrected chi connectivity index (χ0v) is 19.0. The number of carbonyl (C=O) groups excluding carboxylic acids is 1. The van der Waals surface area contributed by atoms with Crippen LogP contribution in [0.4, 0.5) is 29.5 Å². The van der Waals surface area contributed by atoms with Crippen LogP contribution in [0.1, 0.15) is 10.4 Å². The van der Waals surface area contributed by atoms with Crippen molar-refractivity contribution in [3.05, 3.63) is 70.3 Å². The number of hydrogen-bond acceptors (Lipinski definition) is 7. The molecule has 0 saturated carbocycles. The minimum absolute atomic E-state index is 0.0170. The fourth-order valence-electron chi connectivity index (χ4n) is 2.77. The van der Waals surface area contributed by atoms with Gasteiger partial charge < -0.3 is 20.1 Å². The third-order valence-corrected chi connectivity index (χ3v) is 5.49. The number of nitro groups is 1. The highest BCUT2D eigenvalue weighted by Crippen LogP contribution is 2.36. The number of nitro benzene ring substituents is 1. The van der Waals surface area contributed by atoms with Crippen LogP contribution in [0.15, 0.2) is 54.6 Å². The molecule has 0 bridgehead atoms. The van der Waals surface area contributed by atoms with Crippen LogP contribution in [0.3, 0.4) is 0 Å². The van der Waals surface area contributed by atoms with Crippen molar-refractivity contribution in [1.29, 1.82) is 0 Å². The van der Waals surface area contributed by atoms with Crippen LogP contribution in [0.25, 0.3) is 10.4 Å². The number of thiocarbonyl (C=S) groups is 1. The van der Waals surface area contributed by atoms with Crippen LogP contribution in [0.5, 0.6) is 5.75 Å². The van der Waals surface area contributed by atoms with Crippen molar-refractivity contribution in [1.82, 2.24) is 0 Å². The summed E-state index contributed by atoms with van der Waals surface area (Å²) in [5.41, 5.74) is 0.588. The van der Waals surface area contributed by atoms with Gasteiger partial charge in [-0.05, 0) is 23.8 Å². The van der Waals surface area contributed by atoms with Gasteiger partial charge in [0, 0.05) is 17.0 Å². The molecule has 3 rings (SSSR count). The Labute approximate surface area is 200 Å². The smallest absolute Gasteiger partial charge is 0.422 e. The van der Waals surface area contributed by atoms with Crippen molar-refractivity contribution in [2.45, 2.75) is 6.18 Å². The van der Waals surface area contributed by atoms with Gasteiger partial charge >= 0.3 is 12.1 Å². The van der Waals surface area contributed by atoms with Crippen molar-refractivity contribution >= 4 is 51.0 Å². The third kappa shape index (κ3) is 6.65. The molecular formula is C21H16F3N3O5S2. The second-order valence-electron chi connectivity index (χ2n) is 6.67. The summed E-state index contributed by atoms with van der Waals surface area (Å²) in [6.45, 7) is -1.61. The summed E-state index contributed by atoms with van der Waals surface area (Å²) in [4.78, 5) is 23.4. The Hall–Kier alpha value is -3.71. The normalized spacial score (nSPS) is 10.9. The van der Waals surface area contributed by atoms with E-state index >= 15 is 0 Å². The van der Waals surface area contributed by atoms with Gasteiger partial charge in [0.05, 0.1) is 29.4 Å². The number of rotatable bonds is 7. The van der Waals surface area contributed by atoms with Crippen LogP contribution in [0.2, 0.25) is 0 Å². The van der Waals surface area contributed by atoms with Crippen molar-refractivity contribution in [2.24, 2.45) is 0 Å². The first-order valence-corrected chi connectivity index (χ1v) is 10.6. The number of ether oxygens (including phenoxy) is 2. The second kappa shape index (κ2) is 10.5. The number of anilines is 2. The lowest BCUT2D eigenvalue weighted by Gasteiger charge is -2.13. The molecule has 0 aliphatic rings. The Morgan fingerprint density at radius 1 is 1.15 bits per heavy atom. The largest absolute Gasteiger partial charge is 0.484 e. The Kier molecular flexibility index (Phi) is 7.68. The summed E-state index contributed by atoms with van der Waals surface area (Å²) in [5, 5.41) is 17.0. The molecule has 13 heteroatoms. The number of non-ortho nitro benzene ring substituents is 1. The van der Waals surface area contributed by atoms with Crippen LogP contribution < -0.4 is 15.4 Å². The first-order chi connectivity index (χ1) is 16.1. The van der Waals surface area contributed by atoms with Gasteiger partial charge in [-0.25, -0.2) is 4.79 Å². The summed E-state index contributed by atoms with van der Waals surface area (Å²) in [7, 11) is 1.23. The lowest BCUT2D eigenvalue weighted by Crippen LogP contribution is -2.21. The molecule has 0 atom stereocenters. The fourth-order valence-corrected chi connectivity index (χ4v) is 4.11. The molecule has 0 fully saturated rings. The standard InChI is InChI=1S/C21H16F3N3O5S2/c1-31-19(28)16-10-17(12-5-3-2-4-6-12)34-18(16)26-20(33)25-13-7-14(27(29)30)9-15(8-13)32-11-21(22,23)24/h2-10H,11H2,1H3,(H2,25,26,33). The third-order valence-electron chi connectivity index (χ3n) is 4.19. The topological polar surface area (TPSA) is 103 Å². The van der Waals surface area contributed by atoms with Crippen molar-refractivity contribution in [3.63, 3.8) is 0 Å². The number of benzene rings is 2. The van der Waals surface area contributed by atoms with Crippen molar-refractivity contribution < 1.29 is 32.4 Å². The van der Waals surface area contributed by atoms with E-state index in [2.05, 4.69) is 15.4 Å². The number of nitrogens with one attached hydrogen (secondary N) is 2. The molecule has 0 spiro atoms. The van der Waals surface area contributed by atoms with E-state index in [1.54, 1.807) is 6.07 Å². The molecule has 0 aliphatic carbocycles. The molecule has 3 aromatic rings. The van der Waals surface area contributed by atoms with Gasteiger partial charge in [0.25, 0.3) is 5.69 Å². The SMILES string of the molecule is COC(=O)c1cc(-c2ccccc2)sc1NC(=S)Nc1cc(OCC(F)(F)F)cc([N+](=O)[O-])c1. The summed E-state index contributed by atoms with van der Waals surface area (Å²) in [5.74, 6) is -0.975. The molecule has 0 aliphatic heterocycles. The zero-order chi connectivity index (χ0) is 24.9. The van der Waals surface area contributed by atoms with E-state index in [0.717, 1.165) is 28.6 Å². The second-order valence-corrected chi connectivity index (χ2v) is 8.13. The van der Waals surface area contributed by atoms with Crippen molar-refractivity contribution in [3.8, 4) is 16.2 Å². The minimum atomic E-state index is -4.62. The molecule has 1 heterocycles. The van der Waals surface area contributed by atoms with Crippen LogP contribution in [0, 0.1) is 10.1 Å². The highest BCUT2D eigenvalue weighted by atomic mass is 32.1. The van der Waals surface area contributed by atoms with E-state index in [0.29, 0.717) is 5.00 Å². The first kappa shape index (κ1) is 24.9. The van der Waals surface area contributed by atoms with Crippen LogP contribution in [-0.4, -0.2) is 35.9 Å². The van der Waals surface area contributed by atoms with Gasteiger partial charge in [-0.3, -0.25) is 10.1 Å². The Bertz CT molecular complexity index is 1220. The monoisotopic (exact) mass is 511 g/mol. The lowest BCUT2D eigenvalue weighted by atomic mass is 10.1. The summed E-state index contributed by atoms with van der Waals surface area (Å²) >= 11 is 6.46. The molecule has 0 unspecified atom stereocenters. The van der Waals surface area contributed by atoms with E-state index in [1.165, 1.54) is 18.4 Å². The molecule has 178 valence electrons. The van der Waals surface area contributed by atoms with E-state index < -0.39 is 29.4 Å². The van der Waals surface area contributed by atoms with E-state index in [4.69, 9.17) is 17.0 Å². The maximum atomic E-state index is 12.5. The first-order valence-electron chi connectivity index (χ1n) is 9.40. The van der Waals surface area contributed by atoms with E-state index in [1.807, 2.05) is 30.3 Å². The van der Waals surface area contributed by atoms with E-state index in [9.17, 15) is 28.1 Å². The Morgan fingerprint density at radius 2 is 1.85 bits per heavy atom. The summed E-state index contributed by atoms with van der Waals surface area (Å²) < 4.78 is 46.9. The van der Waals surface area contributed by atoms with Gasteiger partial charge in [-0.1, -0.05) is 30.3 Å². The van der Waals surface area contributed by atoms with Crippen molar-refractivity contribution in [2.75, 3.05) is 24.4 Å². The molecule has 2 aromatic carbocycles. The molecule has 34 heavy (non-hydrogen) atoms. The number of nitrogens with zero attached hydrogens (tertiary/aromatic N) is 1. The van der Waals surface area contributed by atoms with Gasteiger partial charge in [0.15, 0.2) is 11.7 Å². The number of methoxy groups -OCH3 is 1. The minimum Gasteiger partial charge on any atom is -0.484 e. The Balaban J connectivity index is 1.83. The molecule has 8 nitrogen and oxygen atoms in total. The summed E-state index contributed by atoms with van der Waals surface area (Å²) in [6, 6.07) is 14.0. The number of esters is 1. The van der Waals surface area contributed by atoms with Gasteiger partial charge in [-0.15, -0.1) is 11.3 Å². The highest BCUT2D eigenvalue weighted by molar-refractivity contribution is 7.80. The van der Waals surface area contributed by atoms with Gasteiger partial charge in [-0.2, -0.15) is 13.2 Å². The number of thiophene rings is 1. The lowest BCUT2D eigenvalue weighted by molar-refractivity contribution is -0.384. The predicted molar refractivity (Wildman–Crippen MR) is 126 cm³/mol. The predicted octanol–water partition coefficient (Wildman–Crippen LogP) is 5.86. The van der Waals surface area contributed by atoms with Gasteiger partial charge in [0.2, 0.25) is 0 Å². The number of alkyl halides is 3. The number of hydrogen-bond donors (Lipinski definition) is 2. The maximum absolute atomic E-state index is 12.5. The van der Waals surface area contributed by atoms with E-state index in [-0.39, 0.29) is 22.1 Å². The van der Waals surface area contributed by atoms with Gasteiger partial charge in [0.1, 0.15) is 10.8 Å². The molecule has 0 amide bonds. The fraction of sp³-hybridized carbons (Fsp3) is 0.143. The number of carbonyl (C=O) groups is 1. The Morgan fingerprint density at radius 3 is 2.47 bits per heavy atom.